The van der Waals surface area contributed by atoms with E-state index in [9.17, 15) is 19.7 Å². The van der Waals surface area contributed by atoms with Gasteiger partial charge >= 0.3 is 0 Å². The van der Waals surface area contributed by atoms with Crippen LogP contribution in [0.2, 0.25) is 0 Å². The molecule has 2 aromatic rings. The first-order valence-electron chi connectivity index (χ1n) is 9.08. The summed E-state index contributed by atoms with van der Waals surface area (Å²) in [6.07, 6.45) is 0.649. The Kier molecular flexibility index (Phi) is 6.84. The van der Waals surface area contributed by atoms with Gasteiger partial charge in [-0.25, -0.2) is 0 Å². The molecule has 1 heterocycles. The summed E-state index contributed by atoms with van der Waals surface area (Å²) in [7, 11) is 1.56. The molecule has 0 aliphatic carbocycles. The molecule has 1 aliphatic rings. The summed E-state index contributed by atoms with van der Waals surface area (Å²) in [5, 5.41) is 13.8. The maximum Gasteiger partial charge on any atom is 0.271 e. The number of non-ortho nitro benzene ring substituents is 1. The number of carbonyl (C=O) groups excluding carboxylic acids is 2. The Morgan fingerprint density at radius 1 is 1.28 bits per heavy atom. The van der Waals surface area contributed by atoms with Gasteiger partial charge in [0.1, 0.15) is 0 Å². The number of hydrogen-bond acceptors (Lipinski definition) is 6. The molecule has 0 saturated heterocycles. The van der Waals surface area contributed by atoms with E-state index in [0.29, 0.717) is 42.3 Å². The minimum Gasteiger partial charge on any atom is -0.383 e. The Morgan fingerprint density at radius 3 is 2.83 bits per heavy atom. The molecule has 0 unspecified atom stereocenters. The van der Waals surface area contributed by atoms with Crippen LogP contribution in [0.25, 0.3) is 0 Å². The number of fused-ring (bicyclic) bond motifs is 1. The van der Waals surface area contributed by atoms with Gasteiger partial charge in [0.05, 0.1) is 28.5 Å². The number of benzene rings is 2. The number of ether oxygens (including phenoxy) is 1. The first-order chi connectivity index (χ1) is 14.0. The van der Waals surface area contributed by atoms with Gasteiger partial charge in [-0.3, -0.25) is 19.7 Å². The highest BCUT2D eigenvalue weighted by Gasteiger charge is 2.28. The summed E-state index contributed by atoms with van der Waals surface area (Å²) < 4.78 is 4.90. The van der Waals surface area contributed by atoms with Crippen molar-refractivity contribution in [2.75, 3.05) is 37.5 Å². The zero-order chi connectivity index (χ0) is 20.8. The van der Waals surface area contributed by atoms with Crippen LogP contribution >= 0.6 is 11.8 Å². The van der Waals surface area contributed by atoms with Gasteiger partial charge in [0.2, 0.25) is 5.91 Å². The molecule has 2 amide bonds. The minimum atomic E-state index is -0.465. The van der Waals surface area contributed by atoms with Crippen molar-refractivity contribution in [3.05, 3.63) is 63.7 Å². The molecule has 0 atom stereocenters. The molecule has 0 saturated carbocycles. The fourth-order valence-corrected chi connectivity index (χ4v) is 3.97. The maximum absolute atomic E-state index is 13.2. The lowest BCUT2D eigenvalue weighted by molar-refractivity contribution is -0.384. The molecule has 2 aromatic carbocycles. The summed E-state index contributed by atoms with van der Waals surface area (Å²) in [5.41, 5.74) is 1.91. The number of nitro groups is 1. The van der Waals surface area contributed by atoms with E-state index >= 15 is 0 Å². The average molecular weight is 415 g/mol. The van der Waals surface area contributed by atoms with E-state index in [1.807, 2.05) is 6.07 Å². The lowest BCUT2D eigenvalue weighted by Gasteiger charge is -2.19. The number of thioether (sulfide) groups is 1. The molecule has 152 valence electrons. The molecular formula is C20H21N3O5S. The largest absolute Gasteiger partial charge is 0.383 e. The normalized spacial score (nSPS) is 12.5. The number of hydrogen-bond donors (Lipinski definition) is 1. The van der Waals surface area contributed by atoms with Crippen LogP contribution in [0, 0.1) is 10.1 Å². The molecule has 0 aromatic heterocycles. The molecule has 9 heteroatoms. The van der Waals surface area contributed by atoms with Crippen LogP contribution in [0.4, 0.5) is 11.4 Å². The highest BCUT2D eigenvalue weighted by Crippen LogP contribution is 2.34. The monoisotopic (exact) mass is 415 g/mol. The second-order valence-electron chi connectivity index (χ2n) is 6.40. The summed E-state index contributed by atoms with van der Waals surface area (Å²) in [6.45, 7) is 1.33. The van der Waals surface area contributed by atoms with Gasteiger partial charge < -0.3 is 15.0 Å². The third kappa shape index (κ3) is 4.93. The number of nitro benzene ring substituents is 1. The smallest absolute Gasteiger partial charge is 0.271 e. The number of amides is 2. The fraction of sp³-hybridized carbons (Fsp3) is 0.300. The zero-order valence-corrected chi connectivity index (χ0v) is 16.7. The Labute approximate surface area is 172 Å². The van der Waals surface area contributed by atoms with E-state index < -0.39 is 4.92 Å². The number of rotatable bonds is 8. The average Bonchev–Trinajstić information content (AvgIpc) is 3.15. The van der Waals surface area contributed by atoms with Crippen LogP contribution in [0.3, 0.4) is 0 Å². The van der Waals surface area contributed by atoms with Gasteiger partial charge in [-0.15, -0.1) is 11.8 Å². The molecule has 0 radical (unpaired) electrons. The van der Waals surface area contributed by atoms with Crippen LogP contribution in [-0.2, 0) is 16.0 Å². The van der Waals surface area contributed by atoms with Crippen molar-refractivity contribution in [3.8, 4) is 0 Å². The number of nitrogens with one attached hydrogen (secondary N) is 1. The van der Waals surface area contributed by atoms with Crippen LogP contribution in [0.1, 0.15) is 15.9 Å². The van der Waals surface area contributed by atoms with E-state index in [0.717, 1.165) is 5.56 Å². The summed E-state index contributed by atoms with van der Waals surface area (Å²) in [4.78, 5) is 38.0. The van der Waals surface area contributed by atoms with Gasteiger partial charge in [0.15, 0.2) is 0 Å². The zero-order valence-electron chi connectivity index (χ0n) is 15.9. The second-order valence-corrected chi connectivity index (χ2v) is 7.42. The molecule has 0 bridgehead atoms. The van der Waals surface area contributed by atoms with Crippen LogP contribution in [0.15, 0.2) is 47.4 Å². The molecule has 0 fully saturated rings. The summed E-state index contributed by atoms with van der Waals surface area (Å²) >= 11 is 1.28. The number of carbonyl (C=O) groups is 2. The van der Waals surface area contributed by atoms with E-state index in [4.69, 9.17) is 4.74 Å². The topological polar surface area (TPSA) is 102 Å². The maximum atomic E-state index is 13.2. The van der Waals surface area contributed by atoms with Crippen molar-refractivity contribution in [2.45, 2.75) is 11.3 Å². The Morgan fingerprint density at radius 2 is 2.07 bits per heavy atom. The standard InChI is InChI=1S/C20H21N3O5S/c1-28-11-9-21-19(24)13-29-18-5-3-2-4-16(18)20(25)22-10-8-14-6-7-15(23(26)27)12-17(14)22/h2-7,12H,8-11,13H2,1H3,(H,21,24). The van der Waals surface area contributed by atoms with Gasteiger partial charge in [-0.2, -0.15) is 0 Å². The predicted molar refractivity (Wildman–Crippen MR) is 111 cm³/mol. The lowest BCUT2D eigenvalue weighted by atomic mass is 10.1. The van der Waals surface area contributed by atoms with Crippen molar-refractivity contribution < 1.29 is 19.2 Å². The second kappa shape index (κ2) is 9.53. The first kappa shape index (κ1) is 20.8. The third-order valence-corrected chi connectivity index (χ3v) is 5.60. The van der Waals surface area contributed by atoms with Crippen molar-refractivity contribution in [3.63, 3.8) is 0 Å². The first-order valence-corrected chi connectivity index (χ1v) is 10.1. The van der Waals surface area contributed by atoms with Gasteiger partial charge in [0.25, 0.3) is 11.6 Å². The van der Waals surface area contributed by atoms with Gasteiger partial charge in [0, 0.05) is 37.2 Å². The van der Waals surface area contributed by atoms with E-state index in [-0.39, 0.29) is 23.3 Å². The lowest BCUT2D eigenvalue weighted by Crippen LogP contribution is -2.30. The summed E-state index contributed by atoms with van der Waals surface area (Å²) in [6, 6.07) is 11.7. The van der Waals surface area contributed by atoms with Gasteiger partial charge in [-0.1, -0.05) is 18.2 Å². The third-order valence-electron chi connectivity index (χ3n) is 4.52. The van der Waals surface area contributed by atoms with Crippen molar-refractivity contribution in [2.24, 2.45) is 0 Å². The molecule has 29 heavy (non-hydrogen) atoms. The Hall–Kier alpha value is -2.91. The van der Waals surface area contributed by atoms with Crippen LogP contribution < -0.4 is 10.2 Å². The fourth-order valence-electron chi connectivity index (χ4n) is 3.09. The van der Waals surface area contributed by atoms with Crippen LogP contribution in [0.5, 0.6) is 0 Å². The molecule has 0 spiro atoms. The van der Waals surface area contributed by atoms with Crippen molar-refractivity contribution in [1.29, 1.82) is 0 Å². The highest BCUT2D eigenvalue weighted by atomic mass is 32.2. The highest BCUT2D eigenvalue weighted by molar-refractivity contribution is 8.00. The van der Waals surface area contributed by atoms with E-state index in [2.05, 4.69) is 5.32 Å². The molecule has 8 nitrogen and oxygen atoms in total. The van der Waals surface area contributed by atoms with Crippen molar-refractivity contribution in [1.82, 2.24) is 5.32 Å². The molecular weight excluding hydrogens is 394 g/mol. The SMILES string of the molecule is COCCNC(=O)CSc1ccccc1C(=O)N1CCc2ccc([N+](=O)[O-])cc21. The number of methoxy groups -OCH3 is 1. The Bertz CT molecular complexity index is 934. The van der Waals surface area contributed by atoms with E-state index in [1.54, 1.807) is 36.3 Å². The quantitative estimate of drug-likeness (QED) is 0.308. The van der Waals surface area contributed by atoms with Gasteiger partial charge in [-0.05, 0) is 24.1 Å². The van der Waals surface area contributed by atoms with E-state index in [1.165, 1.54) is 23.9 Å². The number of nitrogens with zero attached hydrogens (tertiary/aromatic N) is 2. The Balaban J connectivity index is 1.76. The minimum absolute atomic E-state index is 0.0427. The predicted octanol–water partition coefficient (Wildman–Crippen LogP) is 2.65. The molecule has 1 N–H and O–H groups in total. The number of anilines is 1. The van der Waals surface area contributed by atoms with Crippen molar-refractivity contribution >= 4 is 35.0 Å². The molecule has 1 aliphatic heterocycles. The summed E-state index contributed by atoms with van der Waals surface area (Å²) in [5.74, 6) is -0.195. The molecule has 3 rings (SSSR count). The van der Waals surface area contributed by atoms with Crippen LogP contribution in [-0.4, -0.2) is 49.3 Å².